The fourth-order valence-electron chi connectivity index (χ4n) is 2.54. The summed E-state index contributed by atoms with van der Waals surface area (Å²) in [7, 11) is -15.0. The van der Waals surface area contributed by atoms with E-state index in [9.17, 15) is 0 Å². The van der Waals surface area contributed by atoms with Crippen LogP contribution < -0.4 is 0 Å². The monoisotopic (exact) mass is 602 g/mol. The van der Waals surface area contributed by atoms with Gasteiger partial charge in [-0.15, -0.1) is 0 Å². The van der Waals surface area contributed by atoms with E-state index in [1.807, 2.05) is 52.4 Å². The highest BCUT2D eigenvalue weighted by Gasteiger charge is 2.24. The van der Waals surface area contributed by atoms with E-state index in [2.05, 4.69) is 13.1 Å². The highest BCUT2D eigenvalue weighted by atomic mass is 28.5. The predicted octanol–water partition coefficient (Wildman–Crippen LogP) is -1.87. The molecule has 10 nitrogen and oxygen atoms in total. The van der Waals surface area contributed by atoms with Gasteiger partial charge in [0.1, 0.15) is 9.76 Å². The van der Waals surface area contributed by atoms with E-state index in [-0.39, 0.29) is 0 Å². The molecule has 0 aliphatic heterocycles. The van der Waals surface area contributed by atoms with Crippen LogP contribution in [0.5, 0.6) is 0 Å². The Bertz CT molecular complexity index is 420. The van der Waals surface area contributed by atoms with E-state index in [0.717, 1.165) is 0 Å². The molecule has 0 rings (SSSR count). The molecule has 0 aromatic carbocycles. The quantitative estimate of drug-likeness (QED) is 0.0952. The molecular weight excluding hydrogens is 561 g/mol. The Kier molecular flexibility index (Phi) is 20.2. The van der Waals surface area contributed by atoms with Crippen molar-refractivity contribution in [1.82, 2.24) is 0 Å². The lowest BCUT2D eigenvalue weighted by molar-refractivity contribution is -0.117. The van der Waals surface area contributed by atoms with Crippen molar-refractivity contribution >= 4 is 93.8 Å². The van der Waals surface area contributed by atoms with Crippen LogP contribution in [-0.2, 0) is 42.1 Å². The molecule has 0 fully saturated rings. The third-order valence-corrected chi connectivity index (χ3v) is 29.1. The van der Waals surface area contributed by atoms with Gasteiger partial charge in [-0.3, -0.25) is 4.58 Å². The summed E-state index contributed by atoms with van der Waals surface area (Å²) in [6.07, 6.45) is 0. The van der Waals surface area contributed by atoms with E-state index < -0.39 is 93.8 Å². The number of rotatable bonds is 19. The average molecular weight is 603 g/mol. The third kappa shape index (κ3) is 18.2. The molecule has 20 heteroatoms. The molecule has 0 aliphatic rings. The molecule has 0 spiro atoms. The fourth-order valence-corrected chi connectivity index (χ4v) is 27.1. The second-order valence-electron chi connectivity index (χ2n) is 6.45. The van der Waals surface area contributed by atoms with Gasteiger partial charge in [0.2, 0.25) is 9.76 Å². The summed E-state index contributed by atoms with van der Waals surface area (Å²) in [5.41, 5.74) is 0. The summed E-state index contributed by atoms with van der Waals surface area (Å²) in [6, 6.07) is 0. The topological polar surface area (TPSA) is 92.3 Å². The van der Waals surface area contributed by atoms with Crippen molar-refractivity contribution in [2.24, 2.45) is 0 Å². The summed E-state index contributed by atoms with van der Waals surface area (Å²) < 4.78 is 57.9. The molecule has 0 radical (unpaired) electrons. The van der Waals surface area contributed by atoms with Crippen molar-refractivity contribution in [2.45, 2.75) is 65.5 Å². The Morgan fingerprint density at radius 2 is 0.700 bits per heavy atom. The minimum Gasteiger partial charge on any atom is -0.444 e. The number of hydrogen-bond donors (Lipinski definition) is 0. The summed E-state index contributed by atoms with van der Waals surface area (Å²) in [5.74, 6) is 0. The molecule has 0 saturated heterocycles. The first-order valence-electron chi connectivity index (χ1n) is 10.5. The molecule has 0 aliphatic carbocycles. The van der Waals surface area contributed by atoms with Crippen molar-refractivity contribution in [3.63, 3.8) is 0 Å². The van der Waals surface area contributed by atoms with Crippen molar-refractivity contribution in [3.8, 4) is 0 Å². The van der Waals surface area contributed by atoms with Crippen molar-refractivity contribution in [3.05, 3.63) is 0 Å². The molecule has 0 heterocycles. The van der Waals surface area contributed by atoms with Gasteiger partial charge in [-0.25, -0.2) is 0 Å². The van der Waals surface area contributed by atoms with E-state index in [1.165, 1.54) is 0 Å². The van der Waals surface area contributed by atoms with Crippen LogP contribution in [-0.4, -0.2) is 93.8 Å². The zero-order valence-corrected chi connectivity index (χ0v) is 32.2. The lowest BCUT2D eigenvalue weighted by Crippen LogP contribution is -2.42. The van der Waals surface area contributed by atoms with E-state index in [0.29, 0.717) is 0 Å². The molecule has 8 unspecified atom stereocenters. The third-order valence-electron chi connectivity index (χ3n) is 3.41. The van der Waals surface area contributed by atoms with E-state index in [1.54, 1.807) is 0 Å². The minimum absolute atomic E-state index is 0.421. The summed E-state index contributed by atoms with van der Waals surface area (Å²) >= 11 is 0. The first-order chi connectivity index (χ1) is 14.1. The van der Waals surface area contributed by atoms with Gasteiger partial charge in [-0.2, -0.15) is 0 Å². The van der Waals surface area contributed by atoms with Gasteiger partial charge in [0, 0.05) is 0 Å². The summed E-state index contributed by atoms with van der Waals surface area (Å²) in [6.45, 7) is 20.2. The van der Waals surface area contributed by atoms with Crippen LogP contribution in [0.1, 0.15) is 0 Å². The van der Waals surface area contributed by atoms with Gasteiger partial charge in [-0.1, -0.05) is 6.55 Å². The Balaban J connectivity index is 4.11. The first-order valence-corrected chi connectivity index (χ1v) is 31.3. The van der Waals surface area contributed by atoms with E-state index >= 15 is 0 Å². The predicted molar refractivity (Wildman–Crippen MR) is 144 cm³/mol. The van der Waals surface area contributed by atoms with Crippen molar-refractivity contribution in [1.29, 1.82) is 0 Å². The van der Waals surface area contributed by atoms with Crippen LogP contribution in [0.25, 0.3) is 0 Å². The normalized spacial score (nSPS) is 21.0. The second kappa shape index (κ2) is 19.1. The molecule has 8 atom stereocenters. The molecule has 182 valence electrons. The Hall–Kier alpha value is 1.77. The van der Waals surface area contributed by atoms with Gasteiger partial charge in [0.15, 0.2) is 0 Å². The molecule has 0 bridgehead atoms. The SMILES string of the molecule is C[SiH2]OO[SiH](C)O[SiH](C)O[SiH](C)O[SiH](C)O[SiH](C)O[SiH](C)O[SiH](C)O[SiH](C)O[SiH2]C. The van der Waals surface area contributed by atoms with Gasteiger partial charge in [-0.05, 0) is 58.9 Å². The van der Waals surface area contributed by atoms with Crippen LogP contribution in [0.15, 0.2) is 0 Å². The van der Waals surface area contributed by atoms with Crippen molar-refractivity contribution < 1.29 is 42.1 Å². The second-order valence-corrected chi connectivity index (χ2v) is 26.1. The molecule has 0 N–H and O–H groups in total. The maximum absolute atomic E-state index is 6.06. The summed E-state index contributed by atoms with van der Waals surface area (Å²) in [4.78, 5) is 0. The van der Waals surface area contributed by atoms with Gasteiger partial charge in [0.05, 0.1) is 0 Å². The lowest BCUT2D eigenvalue weighted by Gasteiger charge is -2.26. The largest absolute Gasteiger partial charge is 0.444 e. The molecule has 0 saturated carbocycles. The summed E-state index contributed by atoms with van der Waals surface area (Å²) in [5, 5.41) is 0. The lowest BCUT2D eigenvalue weighted by atomic mass is 11.9. The highest BCUT2D eigenvalue weighted by Crippen LogP contribution is 2.05. The molecular formula is C10H42O10Si10. The van der Waals surface area contributed by atoms with Gasteiger partial charge < -0.3 is 37.5 Å². The van der Waals surface area contributed by atoms with Gasteiger partial charge in [0.25, 0.3) is 65.0 Å². The molecule has 0 aromatic heterocycles. The van der Waals surface area contributed by atoms with Crippen molar-refractivity contribution in [2.75, 3.05) is 0 Å². The maximum atomic E-state index is 6.06. The van der Waals surface area contributed by atoms with Crippen LogP contribution in [0, 0.1) is 0 Å². The van der Waals surface area contributed by atoms with Gasteiger partial charge >= 0.3 is 9.28 Å². The molecule has 0 aromatic rings. The average Bonchev–Trinajstić information content (AvgIpc) is 2.58. The Morgan fingerprint density at radius 1 is 0.400 bits per heavy atom. The minimum atomic E-state index is -1.82. The maximum Gasteiger partial charge on any atom is 0.346 e. The molecule has 0 amide bonds. The van der Waals surface area contributed by atoms with Crippen LogP contribution >= 0.6 is 0 Å². The smallest absolute Gasteiger partial charge is 0.346 e. The van der Waals surface area contributed by atoms with Crippen LogP contribution in [0.2, 0.25) is 65.5 Å². The number of hydrogen-bond acceptors (Lipinski definition) is 10. The fraction of sp³-hybridized carbons (Fsp3) is 1.00. The van der Waals surface area contributed by atoms with E-state index in [4.69, 9.17) is 42.1 Å². The highest BCUT2D eigenvalue weighted by molar-refractivity contribution is 6.71. The standard InChI is InChI=1S/C10H42O10Si10/c1-21-11-12-23(3)14-25(5)16-27(7)18-29(9)20-30(10)19-28(8)17-26(6)15-24(4)13-22-2/h23-30H,21-22H2,1-10H3. The van der Waals surface area contributed by atoms with Crippen LogP contribution in [0.3, 0.4) is 0 Å². The Labute approximate surface area is 200 Å². The Morgan fingerprint density at radius 3 is 1.00 bits per heavy atom. The molecule has 30 heavy (non-hydrogen) atoms. The zero-order chi connectivity index (χ0) is 23.1. The first kappa shape index (κ1) is 31.8. The van der Waals surface area contributed by atoms with Crippen LogP contribution in [0.4, 0.5) is 0 Å². The zero-order valence-electron chi connectivity index (χ0n) is 20.1.